The molecule has 1 aliphatic rings. The Bertz CT molecular complexity index is 1960. The predicted molar refractivity (Wildman–Crippen MR) is 202 cm³/mol. The Morgan fingerprint density at radius 2 is 1.17 bits per heavy atom. The molecule has 10 heteroatoms. The topological polar surface area (TPSA) is 18.5 Å². The largest absolute Gasteiger partial charge is 0.496 e. The Balaban J connectivity index is 1.51. The molecule has 5 aromatic rings. The third-order valence-electron chi connectivity index (χ3n) is 9.94. The van der Waals surface area contributed by atoms with E-state index < -0.39 is 39.3 Å². The minimum Gasteiger partial charge on any atom is -0.496 e. The molecule has 1 aliphatic carbocycles. The second-order valence-corrected chi connectivity index (χ2v) is 17.9. The van der Waals surface area contributed by atoms with E-state index in [0.29, 0.717) is 16.2 Å². The van der Waals surface area contributed by atoms with E-state index in [2.05, 4.69) is 24.3 Å². The number of methoxy groups -OCH3 is 2. The van der Waals surface area contributed by atoms with Crippen molar-refractivity contribution in [3.05, 3.63) is 138 Å². The standard InChI is InChI=1S/C42H40F6O2P2/c1-27-23-30(42(46,47)48)26-32(24-27)51(31-14-11-13-29(25-31)41(43,44)45)28(2)33-16-12-17-34(33)35-15-5-8-20-38(35)52(39-21-9-6-18-36(39)49-3)40-22-10-7-19-37(40)50-4/h5-11,13-15,18-26,28,33-34H,12,16-17H2,1-4H3. The van der Waals surface area contributed by atoms with Crippen LogP contribution in [0.2, 0.25) is 0 Å². The van der Waals surface area contributed by atoms with E-state index in [9.17, 15) is 26.3 Å². The highest BCUT2D eigenvalue weighted by molar-refractivity contribution is 7.80. The molecule has 0 aromatic heterocycles. The molecule has 1 saturated carbocycles. The monoisotopic (exact) mass is 752 g/mol. The molecule has 52 heavy (non-hydrogen) atoms. The van der Waals surface area contributed by atoms with Crippen LogP contribution in [-0.4, -0.2) is 19.9 Å². The van der Waals surface area contributed by atoms with Crippen LogP contribution in [0.5, 0.6) is 11.5 Å². The molecule has 4 unspecified atom stereocenters. The van der Waals surface area contributed by atoms with Gasteiger partial charge in [0, 0.05) is 10.6 Å². The van der Waals surface area contributed by atoms with Crippen LogP contribution in [0.15, 0.2) is 115 Å². The maximum absolute atomic E-state index is 14.2. The van der Waals surface area contributed by atoms with Gasteiger partial charge in [-0.3, -0.25) is 0 Å². The molecule has 0 amide bonds. The van der Waals surface area contributed by atoms with Crippen LogP contribution >= 0.6 is 15.8 Å². The fraction of sp³-hybridized carbons (Fsp3) is 0.286. The van der Waals surface area contributed by atoms with Crippen molar-refractivity contribution in [2.45, 2.75) is 57.0 Å². The molecule has 5 aromatic carbocycles. The first kappa shape index (κ1) is 37.9. The third kappa shape index (κ3) is 7.89. The second-order valence-electron chi connectivity index (χ2n) is 13.2. The summed E-state index contributed by atoms with van der Waals surface area (Å²) in [5, 5.41) is 4.00. The molecule has 1 fully saturated rings. The van der Waals surface area contributed by atoms with Crippen molar-refractivity contribution in [1.29, 1.82) is 0 Å². The van der Waals surface area contributed by atoms with Crippen LogP contribution in [0.25, 0.3) is 0 Å². The normalized spacial score (nSPS) is 17.6. The molecule has 6 rings (SSSR count). The number of aryl methyl sites for hydroxylation is 1. The molecule has 0 radical (unpaired) electrons. The van der Waals surface area contributed by atoms with Gasteiger partial charge in [0.05, 0.1) is 25.3 Å². The smallest absolute Gasteiger partial charge is 0.416 e. The summed E-state index contributed by atoms with van der Waals surface area (Å²) < 4.78 is 96.5. The van der Waals surface area contributed by atoms with Crippen molar-refractivity contribution in [3.8, 4) is 11.5 Å². The van der Waals surface area contributed by atoms with Crippen molar-refractivity contribution in [2.75, 3.05) is 14.2 Å². The Labute approximate surface area is 303 Å². The maximum Gasteiger partial charge on any atom is 0.416 e. The third-order valence-corrected chi connectivity index (χ3v) is 15.4. The van der Waals surface area contributed by atoms with E-state index >= 15 is 0 Å². The number of halogens is 6. The number of benzene rings is 5. The lowest BCUT2D eigenvalue weighted by atomic mass is 9.87. The van der Waals surface area contributed by atoms with E-state index in [0.717, 1.165) is 76.5 Å². The Hall–Kier alpha value is -3.86. The molecule has 2 nitrogen and oxygen atoms in total. The van der Waals surface area contributed by atoms with E-state index in [4.69, 9.17) is 9.47 Å². The summed E-state index contributed by atoms with van der Waals surface area (Å²) in [4.78, 5) is 0. The predicted octanol–water partition coefficient (Wildman–Crippen LogP) is 10.2. The molecule has 0 saturated heterocycles. The fourth-order valence-corrected chi connectivity index (χ4v) is 13.6. The maximum atomic E-state index is 14.2. The van der Waals surface area contributed by atoms with E-state index in [1.165, 1.54) is 6.07 Å². The van der Waals surface area contributed by atoms with E-state index in [-0.39, 0.29) is 17.5 Å². The lowest BCUT2D eigenvalue weighted by molar-refractivity contribution is -0.138. The van der Waals surface area contributed by atoms with Gasteiger partial charge in [0.15, 0.2) is 0 Å². The lowest BCUT2D eigenvalue weighted by Crippen LogP contribution is -2.31. The molecule has 0 bridgehead atoms. The minimum absolute atomic E-state index is 0.0103. The summed E-state index contributed by atoms with van der Waals surface area (Å²) in [6.45, 7) is 3.63. The number of alkyl halides is 6. The van der Waals surface area contributed by atoms with Crippen molar-refractivity contribution >= 4 is 42.4 Å². The van der Waals surface area contributed by atoms with Gasteiger partial charge in [0.2, 0.25) is 0 Å². The molecule has 0 aliphatic heterocycles. The zero-order valence-corrected chi connectivity index (χ0v) is 31.1. The van der Waals surface area contributed by atoms with Crippen molar-refractivity contribution in [1.82, 2.24) is 0 Å². The SMILES string of the molecule is COc1ccccc1P(c1ccccc1OC)c1ccccc1C1CCCC1C(C)P(c1cccc(C(F)(F)F)c1)c1cc(C)cc(C(F)(F)F)c1. The van der Waals surface area contributed by atoms with Gasteiger partial charge in [-0.1, -0.05) is 92.2 Å². The summed E-state index contributed by atoms with van der Waals surface area (Å²) >= 11 is 0. The zero-order chi connectivity index (χ0) is 37.2. The quantitative estimate of drug-likeness (QED) is 0.105. The van der Waals surface area contributed by atoms with Gasteiger partial charge >= 0.3 is 12.4 Å². The average Bonchev–Trinajstić information content (AvgIpc) is 3.62. The molecular formula is C42H40F6O2P2. The molecule has 0 heterocycles. The Kier molecular flexibility index (Phi) is 11.4. The number of hydrogen-bond acceptors (Lipinski definition) is 2. The van der Waals surface area contributed by atoms with Gasteiger partial charge in [-0.2, -0.15) is 26.3 Å². The molecular weight excluding hydrogens is 712 g/mol. The van der Waals surface area contributed by atoms with Gasteiger partial charge in [-0.05, 0) is 117 Å². The second kappa shape index (κ2) is 15.6. The van der Waals surface area contributed by atoms with Gasteiger partial charge in [-0.15, -0.1) is 0 Å². The summed E-state index contributed by atoms with van der Waals surface area (Å²) in [6, 6.07) is 33.4. The van der Waals surface area contributed by atoms with Crippen LogP contribution in [0.4, 0.5) is 26.3 Å². The molecule has 272 valence electrons. The summed E-state index contributed by atoms with van der Waals surface area (Å²) in [6.07, 6.45) is -6.64. The van der Waals surface area contributed by atoms with Crippen LogP contribution in [0.3, 0.4) is 0 Å². The highest BCUT2D eigenvalue weighted by atomic mass is 31.1. The number of hydrogen-bond donors (Lipinski definition) is 0. The van der Waals surface area contributed by atoms with E-state index in [1.807, 2.05) is 55.5 Å². The van der Waals surface area contributed by atoms with Crippen LogP contribution in [-0.2, 0) is 12.4 Å². The lowest BCUT2D eigenvalue weighted by Gasteiger charge is -2.36. The van der Waals surface area contributed by atoms with Gasteiger partial charge in [0.1, 0.15) is 11.5 Å². The highest BCUT2D eigenvalue weighted by Crippen LogP contribution is 2.54. The Morgan fingerprint density at radius 3 is 1.77 bits per heavy atom. The molecule has 0 spiro atoms. The summed E-state index contributed by atoms with van der Waals surface area (Å²) in [5.74, 6) is 1.50. The van der Waals surface area contributed by atoms with Crippen LogP contribution in [0.1, 0.15) is 54.4 Å². The number of rotatable bonds is 10. The van der Waals surface area contributed by atoms with Crippen LogP contribution in [0, 0.1) is 12.8 Å². The average molecular weight is 753 g/mol. The van der Waals surface area contributed by atoms with Crippen molar-refractivity contribution in [2.24, 2.45) is 5.92 Å². The summed E-state index contributed by atoms with van der Waals surface area (Å²) in [5.41, 5.74) is -0.281. The van der Waals surface area contributed by atoms with Crippen molar-refractivity contribution < 1.29 is 35.8 Å². The summed E-state index contributed by atoms with van der Waals surface area (Å²) in [7, 11) is 0.450. The van der Waals surface area contributed by atoms with Crippen molar-refractivity contribution in [3.63, 3.8) is 0 Å². The first-order valence-electron chi connectivity index (χ1n) is 17.1. The first-order chi connectivity index (χ1) is 24.8. The highest BCUT2D eigenvalue weighted by Gasteiger charge is 2.41. The molecule has 0 N–H and O–H groups in total. The minimum atomic E-state index is -4.60. The first-order valence-corrected chi connectivity index (χ1v) is 19.9. The van der Waals surface area contributed by atoms with E-state index in [1.54, 1.807) is 33.3 Å². The van der Waals surface area contributed by atoms with Gasteiger partial charge < -0.3 is 9.47 Å². The Morgan fingerprint density at radius 1 is 0.615 bits per heavy atom. The zero-order valence-electron chi connectivity index (χ0n) is 29.3. The van der Waals surface area contributed by atoms with Crippen LogP contribution < -0.4 is 36.0 Å². The van der Waals surface area contributed by atoms with Gasteiger partial charge in [-0.25, -0.2) is 0 Å². The number of ether oxygens (including phenoxy) is 2. The molecule has 4 atom stereocenters. The fourth-order valence-electron chi connectivity index (χ4n) is 7.68. The van der Waals surface area contributed by atoms with Gasteiger partial charge in [0.25, 0.3) is 0 Å². The number of para-hydroxylation sites is 2.